The minimum atomic E-state index is -4.44. The van der Waals surface area contributed by atoms with Crippen molar-refractivity contribution in [2.45, 2.75) is 25.6 Å². The number of rotatable bonds is 6. The molecule has 1 amide bonds. The minimum absolute atomic E-state index is 0.132. The van der Waals surface area contributed by atoms with E-state index in [4.69, 9.17) is 27.9 Å². The van der Waals surface area contributed by atoms with Gasteiger partial charge in [0.1, 0.15) is 17.5 Å². The molecule has 0 saturated carbocycles. The fourth-order valence-corrected chi connectivity index (χ4v) is 2.28. The van der Waals surface area contributed by atoms with Gasteiger partial charge in [0.15, 0.2) is 0 Å². The van der Waals surface area contributed by atoms with Crippen LogP contribution in [0.3, 0.4) is 0 Å². The number of hydrogen-bond donors (Lipinski definition) is 1. The molecule has 1 atom stereocenters. The molecule has 0 spiro atoms. The van der Waals surface area contributed by atoms with Crippen LogP contribution < -0.4 is 10.1 Å². The molecule has 1 unspecified atom stereocenters. The maximum atomic E-state index is 12.6. The number of nitrogens with one attached hydrogen (secondary N) is 1. The predicted octanol–water partition coefficient (Wildman–Crippen LogP) is 4.99. The number of carbonyl (C=O) groups is 1. The fourth-order valence-electron chi connectivity index (χ4n) is 2.02. The summed E-state index contributed by atoms with van der Waals surface area (Å²) in [6, 6.07) is 5.16. The third-order valence-corrected chi connectivity index (χ3v) is 4.21. The topological polar surface area (TPSA) is 51.2 Å². The van der Waals surface area contributed by atoms with E-state index in [1.807, 2.05) is 6.92 Å². The zero-order valence-electron chi connectivity index (χ0n) is 13.6. The standard InChI is InChI=1S/C17H15Cl2F3N2O2/c1-2-12(9-26-13-7-14(18)15(19)23-8-13)24-16(25)10-3-5-11(6-4-10)17(20,21)22/h3-8,12H,2,9H2,1H3,(H,24,25). The van der Waals surface area contributed by atoms with E-state index in [0.29, 0.717) is 12.2 Å². The van der Waals surface area contributed by atoms with E-state index in [2.05, 4.69) is 10.3 Å². The molecule has 0 aliphatic heterocycles. The van der Waals surface area contributed by atoms with E-state index in [-0.39, 0.29) is 28.4 Å². The number of carbonyl (C=O) groups excluding carboxylic acids is 1. The molecule has 1 aromatic heterocycles. The highest BCUT2D eigenvalue weighted by atomic mass is 35.5. The summed E-state index contributed by atoms with van der Waals surface area (Å²) in [5, 5.41) is 3.11. The van der Waals surface area contributed by atoms with Crippen molar-refractivity contribution in [1.82, 2.24) is 10.3 Å². The Kier molecular flexibility index (Phi) is 6.72. The van der Waals surface area contributed by atoms with E-state index in [0.717, 1.165) is 24.3 Å². The van der Waals surface area contributed by atoms with Gasteiger partial charge in [-0.2, -0.15) is 13.2 Å². The second kappa shape index (κ2) is 8.60. The normalized spacial score (nSPS) is 12.5. The van der Waals surface area contributed by atoms with Crippen molar-refractivity contribution in [3.05, 3.63) is 57.8 Å². The van der Waals surface area contributed by atoms with Crippen LogP contribution in [0.4, 0.5) is 13.2 Å². The highest BCUT2D eigenvalue weighted by molar-refractivity contribution is 6.41. The van der Waals surface area contributed by atoms with E-state index < -0.39 is 17.6 Å². The van der Waals surface area contributed by atoms with Crippen LogP contribution in [0, 0.1) is 0 Å². The Balaban J connectivity index is 1.96. The number of amides is 1. The first-order valence-electron chi connectivity index (χ1n) is 7.62. The Bertz CT molecular complexity index is 768. The molecule has 26 heavy (non-hydrogen) atoms. The number of aromatic nitrogens is 1. The molecule has 1 heterocycles. The van der Waals surface area contributed by atoms with Gasteiger partial charge < -0.3 is 10.1 Å². The van der Waals surface area contributed by atoms with Crippen LogP contribution in [0.5, 0.6) is 5.75 Å². The number of benzene rings is 1. The van der Waals surface area contributed by atoms with Gasteiger partial charge in [-0.05, 0) is 30.7 Å². The lowest BCUT2D eigenvalue weighted by molar-refractivity contribution is -0.137. The van der Waals surface area contributed by atoms with Gasteiger partial charge in [-0.3, -0.25) is 4.79 Å². The zero-order chi connectivity index (χ0) is 19.3. The van der Waals surface area contributed by atoms with Crippen molar-refractivity contribution in [3.63, 3.8) is 0 Å². The van der Waals surface area contributed by atoms with Crippen molar-refractivity contribution >= 4 is 29.1 Å². The Morgan fingerprint density at radius 3 is 2.46 bits per heavy atom. The van der Waals surface area contributed by atoms with Crippen molar-refractivity contribution in [3.8, 4) is 5.75 Å². The third kappa shape index (κ3) is 5.51. The minimum Gasteiger partial charge on any atom is -0.490 e. The molecule has 4 nitrogen and oxygen atoms in total. The number of ether oxygens (including phenoxy) is 1. The summed E-state index contributed by atoms with van der Waals surface area (Å²) in [5.41, 5.74) is -0.677. The monoisotopic (exact) mass is 406 g/mol. The average Bonchev–Trinajstić information content (AvgIpc) is 2.60. The van der Waals surface area contributed by atoms with Crippen LogP contribution in [0.1, 0.15) is 29.3 Å². The first kappa shape index (κ1) is 20.3. The molecule has 0 aliphatic rings. The second-order valence-electron chi connectivity index (χ2n) is 5.41. The van der Waals surface area contributed by atoms with Crippen molar-refractivity contribution in [2.75, 3.05) is 6.61 Å². The summed E-state index contributed by atoms with van der Waals surface area (Å²) in [5.74, 6) is -0.0944. The van der Waals surface area contributed by atoms with Gasteiger partial charge in [-0.1, -0.05) is 30.1 Å². The van der Waals surface area contributed by atoms with Crippen molar-refractivity contribution < 1.29 is 22.7 Å². The molecule has 0 saturated heterocycles. The van der Waals surface area contributed by atoms with E-state index in [1.54, 1.807) is 0 Å². The van der Waals surface area contributed by atoms with Crippen LogP contribution >= 0.6 is 23.2 Å². The van der Waals surface area contributed by atoms with Gasteiger partial charge >= 0.3 is 6.18 Å². The lowest BCUT2D eigenvalue weighted by Crippen LogP contribution is -2.38. The molecule has 140 valence electrons. The number of halogens is 5. The molecule has 0 fully saturated rings. The van der Waals surface area contributed by atoms with Crippen LogP contribution in [0.2, 0.25) is 10.2 Å². The molecular weight excluding hydrogens is 392 g/mol. The highest BCUT2D eigenvalue weighted by Gasteiger charge is 2.30. The average molecular weight is 407 g/mol. The first-order chi connectivity index (χ1) is 12.2. The largest absolute Gasteiger partial charge is 0.490 e. The quantitative estimate of drug-likeness (QED) is 0.687. The molecule has 2 rings (SSSR count). The smallest absolute Gasteiger partial charge is 0.416 e. The van der Waals surface area contributed by atoms with E-state index in [1.165, 1.54) is 12.3 Å². The second-order valence-corrected chi connectivity index (χ2v) is 6.17. The fraction of sp³-hybridized carbons (Fsp3) is 0.294. The summed E-state index contributed by atoms with van der Waals surface area (Å²) in [7, 11) is 0. The Labute approximate surface area is 158 Å². The van der Waals surface area contributed by atoms with Crippen LogP contribution in [0.15, 0.2) is 36.5 Å². The van der Waals surface area contributed by atoms with Crippen molar-refractivity contribution in [1.29, 1.82) is 0 Å². The van der Waals surface area contributed by atoms with E-state index >= 15 is 0 Å². The summed E-state index contributed by atoms with van der Waals surface area (Å²) >= 11 is 11.6. The lowest BCUT2D eigenvalue weighted by Gasteiger charge is -2.18. The van der Waals surface area contributed by atoms with Gasteiger partial charge in [-0.15, -0.1) is 0 Å². The predicted molar refractivity (Wildman–Crippen MR) is 92.7 cm³/mol. The molecule has 0 aliphatic carbocycles. The Morgan fingerprint density at radius 2 is 1.92 bits per heavy atom. The van der Waals surface area contributed by atoms with Gasteiger partial charge in [0.25, 0.3) is 5.91 Å². The summed E-state index contributed by atoms with van der Waals surface area (Å²) in [6.07, 6.45) is -2.48. The molecule has 2 aromatic rings. The summed E-state index contributed by atoms with van der Waals surface area (Å²) in [4.78, 5) is 16.0. The van der Waals surface area contributed by atoms with E-state index in [9.17, 15) is 18.0 Å². The number of alkyl halides is 3. The van der Waals surface area contributed by atoms with Crippen LogP contribution in [-0.2, 0) is 6.18 Å². The highest BCUT2D eigenvalue weighted by Crippen LogP contribution is 2.29. The van der Waals surface area contributed by atoms with Gasteiger partial charge in [0, 0.05) is 11.6 Å². The molecule has 0 bridgehead atoms. The van der Waals surface area contributed by atoms with Gasteiger partial charge in [-0.25, -0.2) is 4.98 Å². The molecule has 9 heteroatoms. The molecule has 0 radical (unpaired) electrons. The maximum Gasteiger partial charge on any atom is 0.416 e. The summed E-state index contributed by atoms with van der Waals surface area (Å²) < 4.78 is 43.2. The van der Waals surface area contributed by atoms with Gasteiger partial charge in [0.05, 0.1) is 22.8 Å². The zero-order valence-corrected chi connectivity index (χ0v) is 15.1. The molecular formula is C17H15Cl2F3N2O2. The molecule has 1 aromatic carbocycles. The SMILES string of the molecule is CCC(COc1cnc(Cl)c(Cl)c1)NC(=O)c1ccc(C(F)(F)F)cc1. The van der Waals surface area contributed by atoms with Crippen molar-refractivity contribution in [2.24, 2.45) is 0 Å². The third-order valence-electron chi connectivity index (χ3n) is 3.52. The van der Waals surface area contributed by atoms with Crippen LogP contribution in [-0.4, -0.2) is 23.5 Å². The Morgan fingerprint density at radius 1 is 1.27 bits per heavy atom. The molecule has 1 N–H and O–H groups in total. The Hall–Kier alpha value is -1.99. The number of hydrogen-bond acceptors (Lipinski definition) is 3. The number of nitrogens with zero attached hydrogens (tertiary/aromatic N) is 1. The lowest BCUT2D eigenvalue weighted by atomic mass is 10.1. The number of pyridine rings is 1. The van der Waals surface area contributed by atoms with Crippen LogP contribution in [0.25, 0.3) is 0 Å². The van der Waals surface area contributed by atoms with Gasteiger partial charge in [0.2, 0.25) is 0 Å². The first-order valence-corrected chi connectivity index (χ1v) is 8.38. The summed E-state index contributed by atoms with van der Waals surface area (Å²) in [6.45, 7) is 1.98. The maximum absolute atomic E-state index is 12.6.